The summed E-state index contributed by atoms with van der Waals surface area (Å²) in [5, 5.41) is 6.53. The Morgan fingerprint density at radius 1 is 1.29 bits per heavy atom. The number of guanidine groups is 1. The number of aryl methyl sites for hydroxylation is 1. The molecule has 1 N–H and O–H groups in total. The summed E-state index contributed by atoms with van der Waals surface area (Å²) in [7, 11) is 1.90. The van der Waals surface area contributed by atoms with Crippen molar-refractivity contribution >= 4 is 23.2 Å². The minimum absolute atomic E-state index is 0.125. The van der Waals surface area contributed by atoms with Crippen molar-refractivity contribution in [2.24, 2.45) is 4.99 Å². The molecule has 0 unspecified atom stereocenters. The molecule has 0 aliphatic rings. The highest BCUT2D eigenvalue weighted by Gasteiger charge is 2.14. The molecule has 0 saturated heterocycles. The lowest BCUT2D eigenvalue weighted by Gasteiger charge is -2.25. The van der Waals surface area contributed by atoms with E-state index in [0.29, 0.717) is 13.1 Å². The molecule has 0 fully saturated rings. The van der Waals surface area contributed by atoms with Crippen LogP contribution in [0.15, 0.2) is 10.4 Å². The first kappa shape index (κ1) is 20.4. The Morgan fingerprint density at radius 3 is 2.54 bits per heavy atom. The molecule has 24 heavy (non-hydrogen) atoms. The summed E-state index contributed by atoms with van der Waals surface area (Å²) < 4.78 is 0. The van der Waals surface area contributed by atoms with E-state index < -0.39 is 0 Å². The fourth-order valence-electron chi connectivity index (χ4n) is 2.33. The van der Waals surface area contributed by atoms with Crippen LogP contribution in [-0.2, 0) is 17.6 Å². The number of hydrogen-bond acceptors (Lipinski definition) is 4. The summed E-state index contributed by atoms with van der Waals surface area (Å²) in [5.74, 6) is 0.893. The van der Waals surface area contributed by atoms with Crippen molar-refractivity contribution in [3.63, 3.8) is 0 Å². The van der Waals surface area contributed by atoms with Gasteiger partial charge in [0.15, 0.2) is 5.96 Å². The van der Waals surface area contributed by atoms with Crippen LogP contribution in [0.2, 0.25) is 0 Å². The second-order valence-electron chi connectivity index (χ2n) is 5.49. The van der Waals surface area contributed by atoms with Gasteiger partial charge in [-0.2, -0.15) is 0 Å². The standard InChI is InChI=1S/C17H31N5OS/c1-6-15-20-14(13-24-15)10-11-19-17(18-7-2)21(5)12-16(23)22(8-3)9-4/h13H,6-12H2,1-5H3,(H,18,19). The third-order valence-electron chi connectivity index (χ3n) is 3.72. The molecule has 1 aromatic heterocycles. The lowest BCUT2D eigenvalue weighted by atomic mass is 10.3. The Labute approximate surface area is 150 Å². The molecule has 1 amide bonds. The molecule has 1 heterocycles. The SMILES string of the molecule is CCNC(=NCCc1csc(CC)n1)N(C)CC(=O)N(CC)CC. The van der Waals surface area contributed by atoms with Crippen LogP contribution in [0.4, 0.5) is 0 Å². The largest absolute Gasteiger partial charge is 0.357 e. The maximum absolute atomic E-state index is 12.2. The van der Waals surface area contributed by atoms with E-state index in [9.17, 15) is 4.79 Å². The van der Waals surface area contributed by atoms with E-state index in [1.165, 1.54) is 5.01 Å². The number of carbonyl (C=O) groups is 1. The molecule has 0 bridgehead atoms. The van der Waals surface area contributed by atoms with Crippen LogP contribution >= 0.6 is 11.3 Å². The monoisotopic (exact) mass is 353 g/mol. The summed E-state index contributed by atoms with van der Waals surface area (Å²) in [6.07, 6.45) is 1.80. The van der Waals surface area contributed by atoms with E-state index in [0.717, 1.165) is 44.1 Å². The Kier molecular flexibility index (Phi) is 9.37. The smallest absolute Gasteiger partial charge is 0.242 e. The zero-order valence-electron chi connectivity index (χ0n) is 15.6. The quantitative estimate of drug-likeness (QED) is 0.545. The first-order valence-electron chi connectivity index (χ1n) is 8.76. The van der Waals surface area contributed by atoms with Crippen molar-refractivity contribution in [3.8, 4) is 0 Å². The lowest BCUT2D eigenvalue weighted by molar-refractivity contribution is -0.131. The highest BCUT2D eigenvalue weighted by atomic mass is 32.1. The number of likely N-dealkylation sites (N-methyl/N-ethyl adjacent to an activating group) is 2. The van der Waals surface area contributed by atoms with Gasteiger partial charge in [-0.05, 0) is 27.2 Å². The predicted molar refractivity (Wildman–Crippen MR) is 102 cm³/mol. The number of nitrogens with one attached hydrogen (secondary N) is 1. The molecule has 0 aliphatic heterocycles. The number of amides is 1. The van der Waals surface area contributed by atoms with Crippen molar-refractivity contribution in [2.75, 3.05) is 39.8 Å². The normalized spacial score (nSPS) is 11.5. The van der Waals surface area contributed by atoms with Gasteiger partial charge in [0.05, 0.1) is 17.2 Å². The van der Waals surface area contributed by atoms with Crippen LogP contribution in [0.3, 0.4) is 0 Å². The summed E-state index contributed by atoms with van der Waals surface area (Å²) in [4.78, 5) is 25.2. The van der Waals surface area contributed by atoms with Crippen LogP contribution < -0.4 is 5.32 Å². The molecular formula is C17H31N5OS. The van der Waals surface area contributed by atoms with Crippen molar-refractivity contribution < 1.29 is 4.79 Å². The molecule has 0 aliphatic carbocycles. The first-order chi connectivity index (χ1) is 11.5. The molecule has 0 spiro atoms. The summed E-state index contributed by atoms with van der Waals surface area (Å²) in [5.41, 5.74) is 1.10. The number of thiazole rings is 1. The molecule has 1 aromatic rings. The van der Waals surface area contributed by atoms with E-state index in [4.69, 9.17) is 0 Å². The van der Waals surface area contributed by atoms with Gasteiger partial charge in [0.25, 0.3) is 0 Å². The lowest BCUT2D eigenvalue weighted by Crippen LogP contribution is -2.45. The van der Waals surface area contributed by atoms with Crippen LogP contribution in [-0.4, -0.2) is 66.4 Å². The second-order valence-corrected chi connectivity index (χ2v) is 6.44. The average Bonchev–Trinajstić information content (AvgIpc) is 3.03. The molecule has 1 rings (SSSR count). The molecule has 0 radical (unpaired) electrons. The Bertz CT molecular complexity index is 525. The topological polar surface area (TPSA) is 60.8 Å². The van der Waals surface area contributed by atoms with Crippen LogP contribution in [0.1, 0.15) is 38.4 Å². The summed E-state index contributed by atoms with van der Waals surface area (Å²) in [6, 6.07) is 0. The van der Waals surface area contributed by atoms with Crippen LogP contribution in [0.25, 0.3) is 0 Å². The van der Waals surface area contributed by atoms with Gasteiger partial charge in [0, 0.05) is 45.0 Å². The van der Waals surface area contributed by atoms with E-state index in [2.05, 4.69) is 27.6 Å². The van der Waals surface area contributed by atoms with Crippen LogP contribution in [0.5, 0.6) is 0 Å². The molecule has 0 atom stereocenters. The van der Waals surface area contributed by atoms with Crippen molar-refractivity contribution in [2.45, 2.75) is 40.5 Å². The van der Waals surface area contributed by atoms with Gasteiger partial charge in [-0.25, -0.2) is 4.98 Å². The first-order valence-corrected chi connectivity index (χ1v) is 9.64. The fourth-order valence-corrected chi connectivity index (χ4v) is 3.11. The van der Waals surface area contributed by atoms with E-state index in [1.54, 1.807) is 11.3 Å². The third kappa shape index (κ3) is 6.47. The molecule has 6 nitrogen and oxygen atoms in total. The van der Waals surface area contributed by atoms with E-state index in [-0.39, 0.29) is 5.91 Å². The Balaban J connectivity index is 2.61. The molecule has 7 heteroatoms. The van der Waals surface area contributed by atoms with Crippen molar-refractivity contribution in [1.82, 2.24) is 20.1 Å². The maximum atomic E-state index is 12.2. The van der Waals surface area contributed by atoms with Gasteiger partial charge in [-0.3, -0.25) is 9.79 Å². The van der Waals surface area contributed by atoms with E-state index >= 15 is 0 Å². The number of nitrogens with zero attached hydrogens (tertiary/aromatic N) is 4. The summed E-state index contributed by atoms with van der Waals surface area (Å²) >= 11 is 1.71. The fraction of sp³-hybridized carbons (Fsp3) is 0.706. The zero-order chi connectivity index (χ0) is 17.9. The van der Waals surface area contributed by atoms with Crippen LogP contribution in [0, 0.1) is 0 Å². The number of hydrogen-bond donors (Lipinski definition) is 1. The minimum atomic E-state index is 0.125. The predicted octanol–water partition coefficient (Wildman–Crippen LogP) is 2.01. The highest BCUT2D eigenvalue weighted by molar-refractivity contribution is 7.09. The van der Waals surface area contributed by atoms with Gasteiger partial charge in [-0.15, -0.1) is 11.3 Å². The number of aliphatic imine (C=N–C) groups is 1. The molecule has 0 aromatic carbocycles. The van der Waals surface area contributed by atoms with Gasteiger partial charge in [0.1, 0.15) is 0 Å². The van der Waals surface area contributed by atoms with Gasteiger partial charge < -0.3 is 15.1 Å². The zero-order valence-corrected chi connectivity index (χ0v) is 16.4. The average molecular weight is 354 g/mol. The Hall–Kier alpha value is -1.63. The molecule has 0 saturated carbocycles. The second kappa shape index (κ2) is 11.0. The molecule has 136 valence electrons. The van der Waals surface area contributed by atoms with E-state index in [1.807, 2.05) is 37.6 Å². The minimum Gasteiger partial charge on any atom is -0.357 e. The number of carbonyl (C=O) groups excluding carboxylic acids is 1. The van der Waals surface area contributed by atoms with Crippen molar-refractivity contribution in [1.29, 1.82) is 0 Å². The molecular weight excluding hydrogens is 322 g/mol. The number of aromatic nitrogens is 1. The number of rotatable bonds is 9. The third-order valence-corrected chi connectivity index (χ3v) is 4.76. The van der Waals surface area contributed by atoms with Gasteiger partial charge in [0.2, 0.25) is 5.91 Å². The maximum Gasteiger partial charge on any atom is 0.242 e. The Morgan fingerprint density at radius 2 is 2.00 bits per heavy atom. The highest BCUT2D eigenvalue weighted by Crippen LogP contribution is 2.10. The van der Waals surface area contributed by atoms with Crippen molar-refractivity contribution in [3.05, 3.63) is 16.1 Å². The summed E-state index contributed by atoms with van der Waals surface area (Å²) in [6.45, 7) is 11.4. The van der Waals surface area contributed by atoms with Gasteiger partial charge >= 0.3 is 0 Å². The van der Waals surface area contributed by atoms with Gasteiger partial charge in [-0.1, -0.05) is 6.92 Å².